The normalized spacial score (nSPS) is 10.5. The standard InChI is InChI=1S/C11H8O5/c12-8-2-1-6-3-7(4-10(13)14)11(15)16-9(6)5-8/h1-3,5,12H,4H2,(H,13,14). The second-order valence-corrected chi connectivity index (χ2v) is 3.35. The highest BCUT2D eigenvalue weighted by Crippen LogP contribution is 2.19. The van der Waals surface area contributed by atoms with Crippen molar-refractivity contribution in [2.24, 2.45) is 0 Å². The van der Waals surface area contributed by atoms with Crippen LogP contribution in [0, 0.1) is 0 Å². The Morgan fingerprint density at radius 2 is 2.06 bits per heavy atom. The van der Waals surface area contributed by atoms with Crippen molar-refractivity contribution in [2.75, 3.05) is 0 Å². The fraction of sp³-hybridized carbons (Fsp3) is 0.0909. The summed E-state index contributed by atoms with van der Waals surface area (Å²) in [6, 6.07) is 5.75. The second-order valence-electron chi connectivity index (χ2n) is 3.35. The number of fused-ring (bicyclic) bond motifs is 1. The molecule has 1 aromatic heterocycles. The van der Waals surface area contributed by atoms with Gasteiger partial charge in [0.05, 0.1) is 6.42 Å². The molecule has 0 saturated heterocycles. The SMILES string of the molecule is O=C(O)Cc1cc2ccc(O)cc2oc1=O. The van der Waals surface area contributed by atoms with Gasteiger partial charge in [-0.15, -0.1) is 0 Å². The Kier molecular flexibility index (Phi) is 2.36. The highest BCUT2D eigenvalue weighted by atomic mass is 16.4. The smallest absolute Gasteiger partial charge is 0.340 e. The van der Waals surface area contributed by atoms with E-state index >= 15 is 0 Å². The Balaban J connectivity index is 2.63. The van der Waals surface area contributed by atoms with Gasteiger partial charge in [-0.25, -0.2) is 4.79 Å². The molecule has 0 radical (unpaired) electrons. The van der Waals surface area contributed by atoms with Crippen LogP contribution in [0.4, 0.5) is 0 Å². The molecule has 5 heteroatoms. The zero-order valence-electron chi connectivity index (χ0n) is 8.14. The van der Waals surface area contributed by atoms with Crippen LogP contribution in [-0.2, 0) is 11.2 Å². The number of benzene rings is 1. The molecule has 1 heterocycles. The number of hydrogen-bond donors (Lipinski definition) is 2. The summed E-state index contributed by atoms with van der Waals surface area (Å²) in [4.78, 5) is 21.9. The molecule has 0 saturated carbocycles. The van der Waals surface area contributed by atoms with Gasteiger partial charge in [0, 0.05) is 17.0 Å². The molecule has 2 N–H and O–H groups in total. The number of hydrogen-bond acceptors (Lipinski definition) is 4. The summed E-state index contributed by atoms with van der Waals surface area (Å²) in [6.07, 6.45) is -0.376. The molecule has 5 nitrogen and oxygen atoms in total. The van der Waals surface area contributed by atoms with Crippen molar-refractivity contribution in [3.63, 3.8) is 0 Å². The minimum atomic E-state index is -1.09. The topological polar surface area (TPSA) is 87.7 Å². The summed E-state index contributed by atoms with van der Waals surface area (Å²) in [5.41, 5.74) is -0.370. The molecule has 82 valence electrons. The largest absolute Gasteiger partial charge is 0.508 e. The molecule has 16 heavy (non-hydrogen) atoms. The summed E-state index contributed by atoms with van der Waals surface area (Å²) in [5.74, 6) is -1.10. The lowest BCUT2D eigenvalue weighted by Gasteiger charge is -2.00. The maximum Gasteiger partial charge on any atom is 0.340 e. The van der Waals surface area contributed by atoms with E-state index in [-0.39, 0.29) is 23.3 Å². The van der Waals surface area contributed by atoms with E-state index in [2.05, 4.69) is 0 Å². The maximum absolute atomic E-state index is 11.4. The quantitative estimate of drug-likeness (QED) is 0.740. The summed E-state index contributed by atoms with van der Waals surface area (Å²) in [6.45, 7) is 0. The molecule has 0 aliphatic carbocycles. The minimum Gasteiger partial charge on any atom is -0.508 e. The highest BCUT2D eigenvalue weighted by Gasteiger charge is 2.09. The van der Waals surface area contributed by atoms with Crippen LogP contribution in [0.5, 0.6) is 5.75 Å². The zero-order valence-corrected chi connectivity index (χ0v) is 8.14. The Morgan fingerprint density at radius 1 is 1.31 bits per heavy atom. The van der Waals surface area contributed by atoms with Crippen LogP contribution in [0.1, 0.15) is 5.56 Å². The lowest BCUT2D eigenvalue weighted by Crippen LogP contribution is -2.12. The monoisotopic (exact) mass is 220 g/mol. The second kappa shape index (κ2) is 3.69. The van der Waals surface area contributed by atoms with E-state index in [1.807, 2.05) is 0 Å². The summed E-state index contributed by atoms with van der Waals surface area (Å²) < 4.78 is 4.90. The molecule has 0 amide bonds. The predicted octanol–water partition coefficient (Wildman–Crippen LogP) is 1.13. The fourth-order valence-electron chi connectivity index (χ4n) is 1.43. The van der Waals surface area contributed by atoms with Crippen LogP contribution in [0.15, 0.2) is 33.5 Å². The van der Waals surface area contributed by atoms with Crippen LogP contribution in [0.3, 0.4) is 0 Å². The molecule has 0 spiro atoms. The van der Waals surface area contributed by atoms with Gasteiger partial charge in [-0.2, -0.15) is 0 Å². The summed E-state index contributed by atoms with van der Waals surface area (Å²) >= 11 is 0. The Bertz CT molecular complexity index is 611. The number of rotatable bonds is 2. The van der Waals surface area contributed by atoms with Crippen LogP contribution in [-0.4, -0.2) is 16.2 Å². The number of phenols is 1. The van der Waals surface area contributed by atoms with Crippen LogP contribution < -0.4 is 5.63 Å². The third-order valence-electron chi connectivity index (χ3n) is 2.13. The van der Waals surface area contributed by atoms with Gasteiger partial charge in [0.15, 0.2) is 0 Å². The zero-order chi connectivity index (χ0) is 11.7. The van der Waals surface area contributed by atoms with Gasteiger partial charge in [-0.3, -0.25) is 4.79 Å². The van der Waals surface area contributed by atoms with E-state index in [1.54, 1.807) is 6.07 Å². The number of aliphatic carboxylic acids is 1. The fourth-order valence-corrected chi connectivity index (χ4v) is 1.43. The molecule has 0 aliphatic rings. The van der Waals surface area contributed by atoms with Gasteiger partial charge in [0.25, 0.3) is 0 Å². The third kappa shape index (κ3) is 1.88. The van der Waals surface area contributed by atoms with Crippen molar-refractivity contribution < 1.29 is 19.4 Å². The van der Waals surface area contributed by atoms with Gasteiger partial charge in [0.1, 0.15) is 11.3 Å². The first-order chi connectivity index (χ1) is 7.56. The number of carboxylic acid groups (broad SMARTS) is 1. The highest BCUT2D eigenvalue weighted by molar-refractivity contribution is 5.79. The van der Waals surface area contributed by atoms with Gasteiger partial charge < -0.3 is 14.6 Å². The van der Waals surface area contributed by atoms with Crippen molar-refractivity contribution in [3.8, 4) is 5.75 Å². The first-order valence-corrected chi connectivity index (χ1v) is 4.54. The van der Waals surface area contributed by atoms with Crippen LogP contribution >= 0.6 is 0 Å². The summed E-state index contributed by atoms with van der Waals surface area (Å²) in [7, 11) is 0. The summed E-state index contributed by atoms with van der Waals surface area (Å²) in [5, 5.41) is 18.3. The number of carboxylic acids is 1. The van der Waals surface area contributed by atoms with Gasteiger partial charge >= 0.3 is 11.6 Å². The van der Waals surface area contributed by atoms with Gasteiger partial charge in [-0.05, 0) is 18.2 Å². The van der Waals surface area contributed by atoms with Gasteiger partial charge in [-0.1, -0.05) is 0 Å². The molecule has 2 rings (SSSR count). The van der Waals surface area contributed by atoms with Gasteiger partial charge in [0.2, 0.25) is 0 Å². The Morgan fingerprint density at radius 3 is 2.75 bits per heavy atom. The first-order valence-electron chi connectivity index (χ1n) is 4.54. The van der Waals surface area contributed by atoms with E-state index in [0.29, 0.717) is 5.39 Å². The van der Waals surface area contributed by atoms with Crippen molar-refractivity contribution >= 4 is 16.9 Å². The molecule has 1 aromatic carbocycles. The molecular formula is C11H8O5. The van der Waals surface area contributed by atoms with E-state index in [4.69, 9.17) is 9.52 Å². The Hall–Kier alpha value is -2.30. The first kappa shape index (κ1) is 10.2. The Labute approximate surface area is 89.6 Å². The lowest BCUT2D eigenvalue weighted by molar-refractivity contribution is -0.136. The molecule has 0 bridgehead atoms. The molecule has 0 fully saturated rings. The van der Waals surface area contributed by atoms with Crippen molar-refractivity contribution in [1.82, 2.24) is 0 Å². The van der Waals surface area contributed by atoms with E-state index < -0.39 is 11.6 Å². The number of phenolic OH excluding ortho intramolecular Hbond substituents is 1. The van der Waals surface area contributed by atoms with E-state index in [0.717, 1.165) is 0 Å². The molecule has 2 aromatic rings. The number of carbonyl (C=O) groups is 1. The third-order valence-corrected chi connectivity index (χ3v) is 2.13. The average Bonchev–Trinajstić information content (AvgIpc) is 2.19. The molecule has 0 unspecified atom stereocenters. The molecule has 0 aliphatic heterocycles. The van der Waals surface area contributed by atoms with E-state index in [1.165, 1.54) is 18.2 Å². The average molecular weight is 220 g/mol. The predicted molar refractivity (Wildman–Crippen MR) is 55.5 cm³/mol. The van der Waals surface area contributed by atoms with Crippen molar-refractivity contribution in [2.45, 2.75) is 6.42 Å². The van der Waals surface area contributed by atoms with Crippen molar-refractivity contribution in [1.29, 1.82) is 0 Å². The number of aromatic hydroxyl groups is 1. The van der Waals surface area contributed by atoms with Crippen LogP contribution in [0.25, 0.3) is 11.0 Å². The molecular weight excluding hydrogens is 212 g/mol. The van der Waals surface area contributed by atoms with Crippen LogP contribution in [0.2, 0.25) is 0 Å². The lowest BCUT2D eigenvalue weighted by atomic mass is 10.1. The minimum absolute atomic E-state index is 0.0124. The maximum atomic E-state index is 11.4. The molecule has 0 atom stereocenters. The van der Waals surface area contributed by atoms with E-state index in [9.17, 15) is 14.7 Å². The van der Waals surface area contributed by atoms with Crippen molar-refractivity contribution in [3.05, 3.63) is 40.2 Å².